The summed E-state index contributed by atoms with van der Waals surface area (Å²) in [4.78, 5) is 2.52. The highest BCUT2D eigenvalue weighted by atomic mass is 32.1. The second-order valence-electron chi connectivity index (χ2n) is 5.21. The molecule has 0 unspecified atom stereocenters. The monoisotopic (exact) mass is 291 g/mol. The number of nitrogens with zero attached hydrogens (tertiary/aromatic N) is 3. The van der Waals surface area contributed by atoms with Gasteiger partial charge in [0, 0.05) is 26.7 Å². The van der Waals surface area contributed by atoms with E-state index in [1.165, 1.54) is 16.8 Å². The zero-order chi connectivity index (χ0) is 13.9. The quantitative estimate of drug-likeness (QED) is 0.848. The molecule has 0 saturated heterocycles. The molecule has 1 aliphatic heterocycles. The van der Waals surface area contributed by atoms with E-state index >= 15 is 0 Å². The molecule has 3 heterocycles. The predicted molar refractivity (Wildman–Crippen MR) is 80.9 cm³/mol. The summed E-state index contributed by atoms with van der Waals surface area (Å²) in [6.07, 6.45) is 3.09. The van der Waals surface area contributed by atoms with E-state index in [0.717, 1.165) is 32.7 Å². The Morgan fingerprint density at radius 3 is 3.15 bits per heavy atom. The van der Waals surface area contributed by atoms with Crippen LogP contribution in [-0.2, 0) is 24.8 Å². The minimum atomic E-state index is 0.311. The fourth-order valence-corrected chi connectivity index (χ4v) is 3.59. The zero-order valence-corrected chi connectivity index (χ0v) is 12.9. The second kappa shape index (κ2) is 6.08. The van der Waals surface area contributed by atoms with Crippen molar-refractivity contribution in [3.05, 3.63) is 39.8 Å². The van der Waals surface area contributed by atoms with Gasteiger partial charge in [-0.15, -0.1) is 0 Å². The van der Waals surface area contributed by atoms with Crippen LogP contribution in [0.2, 0.25) is 0 Å². The van der Waals surface area contributed by atoms with Gasteiger partial charge in [0.2, 0.25) is 0 Å². The molecule has 2 aromatic heterocycles. The summed E-state index contributed by atoms with van der Waals surface area (Å²) in [5.41, 5.74) is 4.08. The molecule has 0 aromatic carbocycles. The largest absolute Gasteiger partial charge is 0.380 e. The number of hydrogen-bond donors (Lipinski definition) is 0. The van der Waals surface area contributed by atoms with Crippen LogP contribution in [0.4, 0.5) is 0 Å². The van der Waals surface area contributed by atoms with E-state index in [1.807, 2.05) is 17.9 Å². The summed E-state index contributed by atoms with van der Waals surface area (Å²) in [7, 11) is 2.03. The highest BCUT2D eigenvalue weighted by molar-refractivity contribution is 7.07. The summed E-state index contributed by atoms with van der Waals surface area (Å²) in [5.74, 6) is 0. The molecule has 1 atom stereocenters. The summed E-state index contributed by atoms with van der Waals surface area (Å²) in [5, 5.41) is 8.80. The van der Waals surface area contributed by atoms with Crippen molar-refractivity contribution in [1.29, 1.82) is 0 Å². The van der Waals surface area contributed by atoms with Gasteiger partial charge < -0.3 is 4.74 Å². The third-order valence-corrected chi connectivity index (χ3v) is 4.67. The van der Waals surface area contributed by atoms with E-state index in [1.54, 1.807) is 11.3 Å². The molecule has 0 saturated carbocycles. The molecular formula is C15H21N3OS. The summed E-state index contributed by atoms with van der Waals surface area (Å²) in [6, 6.07) is 2.52. The average molecular weight is 291 g/mol. The Bertz CT molecular complexity index is 549. The van der Waals surface area contributed by atoms with Crippen LogP contribution in [0.15, 0.2) is 23.0 Å². The maximum absolute atomic E-state index is 5.72. The van der Waals surface area contributed by atoms with Gasteiger partial charge in [0.1, 0.15) is 0 Å². The van der Waals surface area contributed by atoms with Gasteiger partial charge in [-0.25, -0.2) is 0 Å². The molecule has 1 aliphatic rings. The molecule has 108 valence electrons. The van der Waals surface area contributed by atoms with Crippen LogP contribution in [-0.4, -0.2) is 34.4 Å². The highest BCUT2D eigenvalue weighted by Gasteiger charge is 2.30. The average Bonchev–Trinajstić information content (AvgIpc) is 3.08. The Hall–Kier alpha value is -1.17. The minimum Gasteiger partial charge on any atom is -0.380 e. The van der Waals surface area contributed by atoms with Crippen molar-refractivity contribution in [3.63, 3.8) is 0 Å². The number of fused-ring (bicyclic) bond motifs is 1. The predicted octanol–water partition coefficient (Wildman–Crippen LogP) is 2.62. The molecule has 0 spiro atoms. The molecule has 5 heteroatoms. The molecule has 0 aliphatic carbocycles. The normalized spacial score (nSPS) is 19.2. The van der Waals surface area contributed by atoms with E-state index in [2.05, 4.69) is 33.7 Å². The van der Waals surface area contributed by atoms with Crippen LogP contribution in [0.3, 0.4) is 0 Å². The van der Waals surface area contributed by atoms with Gasteiger partial charge in [0.25, 0.3) is 0 Å². The molecule has 20 heavy (non-hydrogen) atoms. The molecule has 3 rings (SSSR count). The Kier molecular flexibility index (Phi) is 4.19. The van der Waals surface area contributed by atoms with E-state index in [9.17, 15) is 0 Å². The lowest BCUT2D eigenvalue weighted by atomic mass is 9.99. The first-order valence-corrected chi connectivity index (χ1v) is 8.07. The van der Waals surface area contributed by atoms with Gasteiger partial charge in [-0.3, -0.25) is 9.58 Å². The number of hydrogen-bond acceptors (Lipinski definition) is 4. The number of rotatable bonds is 5. The van der Waals surface area contributed by atoms with Crippen molar-refractivity contribution in [2.24, 2.45) is 7.05 Å². The maximum atomic E-state index is 5.72. The Balaban J connectivity index is 1.84. The van der Waals surface area contributed by atoms with Crippen LogP contribution in [0.5, 0.6) is 0 Å². The van der Waals surface area contributed by atoms with Crippen molar-refractivity contribution in [3.8, 4) is 0 Å². The van der Waals surface area contributed by atoms with E-state index in [0.29, 0.717) is 6.04 Å². The highest BCUT2D eigenvalue weighted by Crippen LogP contribution is 2.31. The molecule has 4 nitrogen and oxygen atoms in total. The molecule has 0 radical (unpaired) electrons. The Morgan fingerprint density at radius 1 is 1.50 bits per heavy atom. The Morgan fingerprint density at radius 2 is 2.40 bits per heavy atom. The van der Waals surface area contributed by atoms with Crippen molar-refractivity contribution in [2.75, 3.05) is 19.8 Å². The first kappa shape index (κ1) is 13.8. The first-order chi connectivity index (χ1) is 9.79. The van der Waals surface area contributed by atoms with Crippen LogP contribution < -0.4 is 0 Å². The van der Waals surface area contributed by atoms with Gasteiger partial charge in [0.05, 0.1) is 24.5 Å². The summed E-state index contributed by atoms with van der Waals surface area (Å²) < 4.78 is 7.74. The number of ether oxygens (including phenoxy) is 1. The molecule has 0 bridgehead atoms. The van der Waals surface area contributed by atoms with Gasteiger partial charge in [0.15, 0.2) is 0 Å². The molecule has 2 aromatic rings. The molecular weight excluding hydrogens is 270 g/mol. The standard InChI is InChI=1S/C15H21N3OS/c1-3-19-10-14-15-13(8-16-17(15)2)4-6-18(14)9-12-5-7-20-11-12/h5,7-8,11,14H,3-4,6,9-10H2,1-2H3/t14-/m1/s1. The summed E-state index contributed by atoms with van der Waals surface area (Å²) in [6.45, 7) is 5.62. The first-order valence-electron chi connectivity index (χ1n) is 7.13. The zero-order valence-electron chi connectivity index (χ0n) is 12.1. The SMILES string of the molecule is CCOC[C@@H]1c2c(cnn2C)CCN1Cc1ccsc1. The van der Waals surface area contributed by atoms with Gasteiger partial charge in [-0.2, -0.15) is 16.4 Å². The van der Waals surface area contributed by atoms with Gasteiger partial charge in [-0.1, -0.05) is 0 Å². The van der Waals surface area contributed by atoms with E-state index in [4.69, 9.17) is 4.74 Å². The number of aryl methyl sites for hydroxylation is 1. The fraction of sp³-hybridized carbons (Fsp3) is 0.533. The van der Waals surface area contributed by atoms with Crippen molar-refractivity contribution in [2.45, 2.75) is 25.9 Å². The second-order valence-corrected chi connectivity index (χ2v) is 5.99. The Labute approximate surface area is 124 Å². The van der Waals surface area contributed by atoms with Crippen LogP contribution in [0.1, 0.15) is 29.8 Å². The minimum absolute atomic E-state index is 0.311. The van der Waals surface area contributed by atoms with Crippen molar-refractivity contribution >= 4 is 11.3 Å². The fourth-order valence-electron chi connectivity index (χ4n) is 2.93. The lowest BCUT2D eigenvalue weighted by molar-refractivity contribution is 0.0519. The number of thiophene rings is 1. The van der Waals surface area contributed by atoms with Crippen LogP contribution >= 0.6 is 11.3 Å². The number of aromatic nitrogens is 2. The van der Waals surface area contributed by atoms with Crippen molar-refractivity contribution < 1.29 is 4.74 Å². The van der Waals surface area contributed by atoms with Crippen LogP contribution in [0.25, 0.3) is 0 Å². The lowest BCUT2D eigenvalue weighted by Crippen LogP contribution is -2.38. The smallest absolute Gasteiger partial charge is 0.0760 e. The van der Waals surface area contributed by atoms with E-state index in [-0.39, 0.29) is 0 Å². The summed E-state index contributed by atoms with van der Waals surface area (Å²) >= 11 is 1.76. The third kappa shape index (κ3) is 2.66. The maximum Gasteiger partial charge on any atom is 0.0760 e. The topological polar surface area (TPSA) is 30.3 Å². The van der Waals surface area contributed by atoms with Gasteiger partial charge in [-0.05, 0) is 41.3 Å². The molecule has 0 fully saturated rings. The van der Waals surface area contributed by atoms with Crippen LogP contribution in [0, 0.1) is 0 Å². The van der Waals surface area contributed by atoms with E-state index < -0.39 is 0 Å². The molecule has 0 amide bonds. The molecule has 0 N–H and O–H groups in total. The van der Waals surface area contributed by atoms with Gasteiger partial charge >= 0.3 is 0 Å². The van der Waals surface area contributed by atoms with Crippen molar-refractivity contribution in [1.82, 2.24) is 14.7 Å². The third-order valence-electron chi connectivity index (χ3n) is 3.93. The lowest BCUT2D eigenvalue weighted by Gasteiger charge is -2.35.